The van der Waals surface area contributed by atoms with Crippen LogP contribution in [0, 0.1) is 0 Å². The number of hydrogen-bond acceptors (Lipinski definition) is 5. The van der Waals surface area contributed by atoms with Crippen LogP contribution >= 0.6 is 0 Å². The number of benzene rings is 2. The fraction of sp³-hybridized carbons (Fsp3) is 0.160. The minimum absolute atomic E-state index is 0.0410. The van der Waals surface area contributed by atoms with Crippen LogP contribution in [0.15, 0.2) is 79.3 Å². The molecule has 0 aliphatic heterocycles. The molecule has 1 aliphatic rings. The molecule has 1 aliphatic carbocycles. The van der Waals surface area contributed by atoms with E-state index in [9.17, 15) is 4.79 Å². The summed E-state index contributed by atoms with van der Waals surface area (Å²) in [6, 6.07) is 16.3. The fourth-order valence-corrected chi connectivity index (χ4v) is 3.84. The van der Waals surface area contributed by atoms with Crippen molar-refractivity contribution in [2.24, 2.45) is 0 Å². The lowest BCUT2D eigenvalue weighted by molar-refractivity contribution is 0.101. The van der Waals surface area contributed by atoms with Crippen molar-refractivity contribution in [3.63, 3.8) is 0 Å². The van der Waals surface area contributed by atoms with Crippen molar-refractivity contribution in [2.75, 3.05) is 17.3 Å². The molecule has 1 atom stereocenters. The number of anilines is 3. The number of aromatic nitrogens is 3. The highest BCUT2D eigenvalue weighted by Gasteiger charge is 2.31. The Hall–Kier alpha value is -3.93. The van der Waals surface area contributed by atoms with E-state index in [1.54, 1.807) is 13.1 Å². The Morgan fingerprint density at radius 2 is 2.00 bits per heavy atom. The van der Waals surface area contributed by atoms with Crippen LogP contribution < -0.4 is 10.2 Å². The molecule has 1 unspecified atom stereocenters. The molecular formula is C25H23N5O. The van der Waals surface area contributed by atoms with Crippen molar-refractivity contribution in [3.05, 3.63) is 84.8 Å². The van der Waals surface area contributed by atoms with Gasteiger partial charge in [-0.25, -0.2) is 9.97 Å². The molecule has 0 radical (unpaired) electrons. The molecule has 2 heterocycles. The third kappa shape index (κ3) is 3.57. The number of hydrogen-bond donors (Lipinski definition) is 1. The molecule has 5 rings (SSSR count). The van der Waals surface area contributed by atoms with Gasteiger partial charge in [0.2, 0.25) is 0 Å². The van der Waals surface area contributed by atoms with Crippen molar-refractivity contribution < 1.29 is 4.79 Å². The van der Waals surface area contributed by atoms with Gasteiger partial charge >= 0.3 is 0 Å². The minimum Gasteiger partial charge on any atom is -0.368 e. The van der Waals surface area contributed by atoms with Gasteiger partial charge in [-0.2, -0.15) is 0 Å². The van der Waals surface area contributed by atoms with Crippen molar-refractivity contribution in [1.29, 1.82) is 0 Å². The molecule has 0 amide bonds. The number of fused-ring (bicyclic) bond motifs is 1. The van der Waals surface area contributed by atoms with E-state index < -0.39 is 0 Å². The summed E-state index contributed by atoms with van der Waals surface area (Å²) in [6.45, 7) is 5.64. The lowest BCUT2D eigenvalue weighted by atomic mass is 10.1. The number of carbonyl (C=O) groups is 1. The first-order valence-corrected chi connectivity index (χ1v) is 10.2. The Kier molecular flexibility index (Phi) is 4.55. The van der Waals surface area contributed by atoms with Gasteiger partial charge in [-0.05, 0) is 37.6 Å². The Balaban J connectivity index is 1.48. The average Bonchev–Trinajstić information content (AvgIpc) is 3.35. The van der Waals surface area contributed by atoms with E-state index in [4.69, 9.17) is 0 Å². The maximum Gasteiger partial charge on any atom is 0.180 e. The van der Waals surface area contributed by atoms with E-state index in [-0.39, 0.29) is 5.78 Å². The van der Waals surface area contributed by atoms with Crippen LogP contribution in [-0.4, -0.2) is 33.2 Å². The summed E-state index contributed by atoms with van der Waals surface area (Å²) in [4.78, 5) is 23.1. The summed E-state index contributed by atoms with van der Waals surface area (Å²) >= 11 is 0. The second kappa shape index (κ2) is 7.40. The number of imidazole rings is 1. The molecule has 0 saturated heterocycles. The molecule has 154 valence electrons. The van der Waals surface area contributed by atoms with Crippen LogP contribution in [0.3, 0.4) is 0 Å². The third-order valence-electron chi connectivity index (χ3n) is 5.74. The quantitative estimate of drug-likeness (QED) is 0.354. The molecule has 2 aromatic carbocycles. The van der Waals surface area contributed by atoms with Crippen LogP contribution in [0.2, 0.25) is 0 Å². The van der Waals surface area contributed by atoms with Gasteiger partial charge in [-0.3, -0.25) is 9.20 Å². The normalized spacial score (nSPS) is 15.2. The molecule has 4 aromatic rings. The van der Waals surface area contributed by atoms with Crippen LogP contribution in [0.5, 0.6) is 0 Å². The second-order valence-corrected chi connectivity index (χ2v) is 7.91. The zero-order chi connectivity index (χ0) is 21.5. The van der Waals surface area contributed by atoms with E-state index in [1.165, 1.54) is 5.57 Å². The predicted molar refractivity (Wildman–Crippen MR) is 124 cm³/mol. The molecule has 31 heavy (non-hydrogen) atoms. The Morgan fingerprint density at radius 3 is 2.77 bits per heavy atom. The highest BCUT2D eigenvalue weighted by atomic mass is 16.1. The molecule has 1 saturated carbocycles. The molecule has 2 aromatic heterocycles. The van der Waals surface area contributed by atoms with Gasteiger partial charge in [0.25, 0.3) is 0 Å². The van der Waals surface area contributed by atoms with Gasteiger partial charge in [-0.1, -0.05) is 36.4 Å². The number of likely N-dealkylation sites (N-methyl/N-ethyl adjacent to an activating group) is 1. The zero-order valence-electron chi connectivity index (χ0n) is 17.5. The largest absolute Gasteiger partial charge is 0.368 e. The fourth-order valence-electron chi connectivity index (χ4n) is 3.84. The number of rotatable bonds is 6. The van der Waals surface area contributed by atoms with Crippen molar-refractivity contribution in [1.82, 2.24) is 14.4 Å². The van der Waals surface area contributed by atoms with E-state index in [2.05, 4.69) is 45.9 Å². The maximum absolute atomic E-state index is 11.8. The number of nitrogens with one attached hydrogen (secondary N) is 1. The van der Waals surface area contributed by atoms with E-state index >= 15 is 0 Å². The highest BCUT2D eigenvalue weighted by Crippen LogP contribution is 2.36. The summed E-state index contributed by atoms with van der Waals surface area (Å²) in [5.74, 6) is 0.714. The van der Waals surface area contributed by atoms with Gasteiger partial charge in [0.05, 0.1) is 17.9 Å². The standard InChI is InChI=1S/C25H23N5O/c1-16-12-22(16)29(3)21-9-5-8-20(14-21)28-24-25-27-15-23(30(25)11-10-26-24)19-7-4-6-18(13-19)17(2)31/h4-11,13-15,22H,1,12H2,2-3H3,(H,26,28). The van der Waals surface area contributed by atoms with Gasteiger partial charge < -0.3 is 10.2 Å². The first-order chi connectivity index (χ1) is 15.0. The number of nitrogens with zero attached hydrogens (tertiary/aromatic N) is 4. The van der Waals surface area contributed by atoms with E-state index in [0.29, 0.717) is 17.4 Å². The molecular weight excluding hydrogens is 386 g/mol. The summed E-state index contributed by atoms with van der Waals surface area (Å²) in [6.07, 6.45) is 6.49. The zero-order valence-corrected chi connectivity index (χ0v) is 17.5. The molecule has 1 fully saturated rings. The van der Waals surface area contributed by atoms with Gasteiger partial charge in [0, 0.05) is 41.9 Å². The Morgan fingerprint density at radius 1 is 1.19 bits per heavy atom. The number of carbonyl (C=O) groups excluding carboxylic acids is 1. The third-order valence-corrected chi connectivity index (χ3v) is 5.74. The average molecular weight is 409 g/mol. The topological polar surface area (TPSA) is 62.5 Å². The number of ketones is 1. The monoisotopic (exact) mass is 409 g/mol. The first kappa shape index (κ1) is 19.1. The van der Waals surface area contributed by atoms with Crippen LogP contribution in [0.1, 0.15) is 23.7 Å². The van der Waals surface area contributed by atoms with Crippen molar-refractivity contribution in [3.8, 4) is 11.3 Å². The number of Topliss-reactive ketones (excluding diaryl/α,β-unsaturated/α-hetero) is 1. The predicted octanol–water partition coefficient (Wildman–Crippen LogP) is 5.11. The summed E-state index contributed by atoms with van der Waals surface area (Å²) in [5.41, 5.74) is 6.59. The summed E-state index contributed by atoms with van der Waals surface area (Å²) < 4.78 is 1.98. The molecule has 6 nitrogen and oxygen atoms in total. The second-order valence-electron chi connectivity index (χ2n) is 7.91. The molecule has 6 heteroatoms. The molecule has 0 spiro atoms. The maximum atomic E-state index is 11.8. The summed E-state index contributed by atoms with van der Waals surface area (Å²) in [7, 11) is 2.09. The lowest BCUT2D eigenvalue weighted by Crippen LogP contribution is -2.19. The van der Waals surface area contributed by atoms with E-state index in [0.717, 1.165) is 34.7 Å². The minimum atomic E-state index is 0.0410. The first-order valence-electron chi connectivity index (χ1n) is 10.2. The van der Waals surface area contributed by atoms with Crippen LogP contribution in [-0.2, 0) is 0 Å². The molecule has 1 N–H and O–H groups in total. The summed E-state index contributed by atoms with van der Waals surface area (Å²) in [5, 5.41) is 3.41. The smallest absolute Gasteiger partial charge is 0.180 e. The molecule has 0 bridgehead atoms. The van der Waals surface area contributed by atoms with Crippen LogP contribution in [0.25, 0.3) is 16.9 Å². The van der Waals surface area contributed by atoms with Crippen LogP contribution in [0.4, 0.5) is 17.2 Å². The van der Waals surface area contributed by atoms with Gasteiger partial charge in [0.1, 0.15) is 0 Å². The highest BCUT2D eigenvalue weighted by molar-refractivity contribution is 5.95. The van der Waals surface area contributed by atoms with Gasteiger partial charge in [-0.15, -0.1) is 0 Å². The Bertz CT molecular complexity index is 1320. The van der Waals surface area contributed by atoms with Crippen molar-refractivity contribution >= 4 is 28.6 Å². The lowest BCUT2D eigenvalue weighted by Gasteiger charge is -2.19. The van der Waals surface area contributed by atoms with Gasteiger partial charge in [0.15, 0.2) is 17.2 Å². The Labute approximate surface area is 180 Å². The van der Waals surface area contributed by atoms with E-state index in [1.807, 2.05) is 53.2 Å². The van der Waals surface area contributed by atoms with Crippen molar-refractivity contribution in [2.45, 2.75) is 19.4 Å². The SMILES string of the molecule is C=C1CC1N(C)c1cccc(Nc2nccn3c(-c4cccc(C(C)=O)c4)cnc23)c1.